The second-order valence-corrected chi connectivity index (χ2v) is 5.36. The van der Waals surface area contributed by atoms with Gasteiger partial charge in [-0.05, 0) is 51.2 Å². The summed E-state index contributed by atoms with van der Waals surface area (Å²) >= 11 is 0. The quantitative estimate of drug-likeness (QED) is 0.757. The first-order chi connectivity index (χ1) is 8.29. The van der Waals surface area contributed by atoms with Crippen molar-refractivity contribution >= 4 is 5.91 Å². The number of hydrogen-bond donors (Lipinski definition) is 2. The Morgan fingerprint density at radius 3 is 2.71 bits per heavy atom. The van der Waals surface area contributed by atoms with Crippen LogP contribution in [0.15, 0.2) is 0 Å². The minimum absolute atomic E-state index is 0.197. The van der Waals surface area contributed by atoms with Crippen LogP contribution in [0.5, 0.6) is 0 Å². The van der Waals surface area contributed by atoms with Crippen molar-refractivity contribution in [1.29, 1.82) is 0 Å². The predicted octanol–water partition coefficient (Wildman–Crippen LogP) is 0.587. The second kappa shape index (κ2) is 6.36. The Bertz CT molecular complexity index is 243. The summed E-state index contributed by atoms with van der Waals surface area (Å²) in [5, 5.41) is 6.20. The van der Waals surface area contributed by atoms with Crippen molar-refractivity contribution in [3.05, 3.63) is 0 Å². The lowest BCUT2D eigenvalue weighted by Crippen LogP contribution is -2.49. The second-order valence-electron chi connectivity index (χ2n) is 5.36. The van der Waals surface area contributed by atoms with Gasteiger partial charge < -0.3 is 10.6 Å². The van der Waals surface area contributed by atoms with Crippen LogP contribution in [0.2, 0.25) is 0 Å². The van der Waals surface area contributed by atoms with E-state index in [1.165, 1.54) is 45.3 Å². The Labute approximate surface area is 104 Å². The molecule has 1 amide bonds. The highest BCUT2D eigenvalue weighted by Crippen LogP contribution is 2.23. The van der Waals surface area contributed by atoms with Gasteiger partial charge in [0.15, 0.2) is 0 Å². The summed E-state index contributed by atoms with van der Waals surface area (Å²) in [6, 6.07) is 0.740. The lowest BCUT2D eigenvalue weighted by Gasteiger charge is -2.39. The zero-order valence-electron chi connectivity index (χ0n) is 10.9. The Kier molecular flexibility index (Phi) is 4.80. The van der Waals surface area contributed by atoms with E-state index in [1.807, 2.05) is 0 Å². The molecule has 0 aliphatic carbocycles. The molecule has 0 bridgehead atoms. The van der Waals surface area contributed by atoms with Crippen LogP contribution in [0.25, 0.3) is 0 Å². The normalized spacial score (nSPS) is 27.9. The minimum atomic E-state index is 0.197. The highest BCUT2D eigenvalue weighted by Gasteiger charge is 2.26. The molecule has 2 saturated heterocycles. The lowest BCUT2D eigenvalue weighted by atomic mass is 9.91. The molecule has 0 aromatic rings. The fourth-order valence-electron chi connectivity index (χ4n) is 3.03. The summed E-state index contributed by atoms with van der Waals surface area (Å²) in [6.45, 7) is 4.69. The summed E-state index contributed by atoms with van der Waals surface area (Å²) in [5.74, 6) is 0.797. The predicted molar refractivity (Wildman–Crippen MR) is 68.9 cm³/mol. The molecule has 2 fully saturated rings. The third-order valence-corrected chi connectivity index (χ3v) is 4.19. The van der Waals surface area contributed by atoms with Gasteiger partial charge in [-0.25, -0.2) is 0 Å². The molecule has 0 unspecified atom stereocenters. The maximum atomic E-state index is 11.3. The first kappa shape index (κ1) is 12.8. The Balaban J connectivity index is 1.71. The van der Waals surface area contributed by atoms with E-state index in [2.05, 4.69) is 15.5 Å². The number of piperidine rings is 2. The first-order valence-electron chi connectivity index (χ1n) is 6.95. The van der Waals surface area contributed by atoms with E-state index in [0.717, 1.165) is 12.6 Å². The van der Waals surface area contributed by atoms with Crippen molar-refractivity contribution in [2.24, 2.45) is 5.92 Å². The summed E-state index contributed by atoms with van der Waals surface area (Å²) in [6.07, 6.45) is 5.73. The van der Waals surface area contributed by atoms with Gasteiger partial charge in [-0.3, -0.25) is 9.69 Å². The molecular formula is C13H25N3O. The molecule has 0 saturated carbocycles. The number of hydrogen-bond acceptors (Lipinski definition) is 3. The summed E-state index contributed by atoms with van der Waals surface area (Å²) in [4.78, 5) is 13.9. The van der Waals surface area contributed by atoms with Crippen LogP contribution in [0.1, 0.15) is 32.1 Å². The smallest absolute Gasteiger partial charge is 0.220 e. The molecule has 2 aliphatic rings. The van der Waals surface area contributed by atoms with Gasteiger partial charge in [0.25, 0.3) is 0 Å². The lowest BCUT2D eigenvalue weighted by molar-refractivity contribution is -0.121. The van der Waals surface area contributed by atoms with Gasteiger partial charge in [-0.2, -0.15) is 0 Å². The van der Waals surface area contributed by atoms with E-state index in [9.17, 15) is 4.79 Å². The topological polar surface area (TPSA) is 44.4 Å². The molecule has 0 aromatic carbocycles. The third-order valence-electron chi connectivity index (χ3n) is 4.19. The zero-order chi connectivity index (χ0) is 12.1. The Morgan fingerprint density at radius 1 is 1.35 bits per heavy atom. The summed E-state index contributed by atoms with van der Waals surface area (Å²) in [7, 11) is 1.73. The minimum Gasteiger partial charge on any atom is -0.359 e. The molecule has 2 aliphatic heterocycles. The average Bonchev–Trinajstić information content (AvgIpc) is 2.40. The van der Waals surface area contributed by atoms with Crippen molar-refractivity contribution < 1.29 is 4.79 Å². The van der Waals surface area contributed by atoms with Gasteiger partial charge in [0.2, 0.25) is 5.91 Å². The van der Waals surface area contributed by atoms with Crippen LogP contribution in [0.3, 0.4) is 0 Å². The molecule has 4 heteroatoms. The van der Waals surface area contributed by atoms with E-state index in [1.54, 1.807) is 7.05 Å². The number of carbonyl (C=O) groups is 1. The van der Waals surface area contributed by atoms with E-state index < -0.39 is 0 Å². The fourth-order valence-corrected chi connectivity index (χ4v) is 3.03. The van der Waals surface area contributed by atoms with Crippen molar-refractivity contribution in [3.63, 3.8) is 0 Å². The SMILES string of the molecule is CNC(=O)CC1CCN([C@H]2CCCNC2)CC1. The molecule has 4 nitrogen and oxygen atoms in total. The molecule has 2 heterocycles. The molecular weight excluding hydrogens is 214 g/mol. The van der Waals surface area contributed by atoms with Crippen LogP contribution >= 0.6 is 0 Å². The summed E-state index contributed by atoms with van der Waals surface area (Å²) < 4.78 is 0. The molecule has 0 aromatic heterocycles. The number of likely N-dealkylation sites (tertiary alicyclic amines) is 1. The highest BCUT2D eigenvalue weighted by molar-refractivity contribution is 5.75. The molecule has 2 rings (SSSR count). The van der Waals surface area contributed by atoms with Crippen molar-refractivity contribution in [3.8, 4) is 0 Å². The Morgan fingerprint density at radius 2 is 2.12 bits per heavy atom. The third kappa shape index (κ3) is 3.68. The standard InChI is InChI=1S/C13H25N3O/c1-14-13(17)9-11-4-7-16(8-5-11)12-3-2-6-15-10-12/h11-12,15H,2-10H2,1H3,(H,14,17)/t12-/m0/s1. The van der Waals surface area contributed by atoms with Gasteiger partial charge in [-0.1, -0.05) is 0 Å². The highest BCUT2D eigenvalue weighted by atomic mass is 16.1. The number of nitrogens with one attached hydrogen (secondary N) is 2. The van der Waals surface area contributed by atoms with Crippen LogP contribution in [0, 0.1) is 5.92 Å². The van der Waals surface area contributed by atoms with Gasteiger partial charge in [0.1, 0.15) is 0 Å². The van der Waals surface area contributed by atoms with Crippen LogP contribution in [0.4, 0.5) is 0 Å². The van der Waals surface area contributed by atoms with Crippen molar-refractivity contribution in [2.75, 3.05) is 33.2 Å². The molecule has 0 spiro atoms. The van der Waals surface area contributed by atoms with Gasteiger partial charge in [-0.15, -0.1) is 0 Å². The number of carbonyl (C=O) groups excluding carboxylic acids is 1. The van der Waals surface area contributed by atoms with E-state index in [4.69, 9.17) is 0 Å². The zero-order valence-corrected chi connectivity index (χ0v) is 10.9. The monoisotopic (exact) mass is 239 g/mol. The van der Waals surface area contributed by atoms with Crippen LogP contribution in [-0.4, -0.2) is 50.1 Å². The molecule has 0 radical (unpaired) electrons. The van der Waals surface area contributed by atoms with Gasteiger partial charge >= 0.3 is 0 Å². The number of nitrogens with zero attached hydrogens (tertiary/aromatic N) is 1. The molecule has 1 atom stereocenters. The van der Waals surface area contributed by atoms with Crippen LogP contribution in [-0.2, 0) is 4.79 Å². The maximum absolute atomic E-state index is 11.3. The van der Waals surface area contributed by atoms with Gasteiger partial charge in [0, 0.05) is 26.1 Å². The van der Waals surface area contributed by atoms with E-state index >= 15 is 0 Å². The fraction of sp³-hybridized carbons (Fsp3) is 0.923. The first-order valence-corrected chi connectivity index (χ1v) is 6.95. The van der Waals surface area contributed by atoms with Crippen LogP contribution < -0.4 is 10.6 Å². The number of rotatable bonds is 3. The van der Waals surface area contributed by atoms with E-state index in [0.29, 0.717) is 12.3 Å². The molecule has 17 heavy (non-hydrogen) atoms. The maximum Gasteiger partial charge on any atom is 0.220 e. The largest absolute Gasteiger partial charge is 0.359 e. The Hall–Kier alpha value is -0.610. The average molecular weight is 239 g/mol. The summed E-state index contributed by atoms with van der Waals surface area (Å²) in [5.41, 5.74) is 0. The molecule has 2 N–H and O–H groups in total. The van der Waals surface area contributed by atoms with Crippen molar-refractivity contribution in [2.45, 2.75) is 38.1 Å². The van der Waals surface area contributed by atoms with Crippen molar-refractivity contribution in [1.82, 2.24) is 15.5 Å². The number of amides is 1. The molecule has 98 valence electrons. The van der Waals surface area contributed by atoms with Gasteiger partial charge in [0.05, 0.1) is 0 Å². The van der Waals surface area contributed by atoms with E-state index in [-0.39, 0.29) is 5.91 Å².